The first-order valence-corrected chi connectivity index (χ1v) is 3.95. The van der Waals surface area contributed by atoms with Crippen molar-refractivity contribution in [1.29, 1.82) is 0 Å². The Kier molecular flexibility index (Phi) is 2.90. The highest BCUT2D eigenvalue weighted by Gasteiger charge is 1.93. The Labute approximate surface area is 67.2 Å². The molecular weight excluding hydrogens is 138 g/mol. The van der Waals surface area contributed by atoms with Gasteiger partial charge in [0.15, 0.2) is 0 Å². The van der Waals surface area contributed by atoms with Gasteiger partial charge in [0.25, 0.3) is 0 Å². The van der Waals surface area contributed by atoms with Crippen molar-refractivity contribution in [3.05, 3.63) is 23.9 Å². The lowest BCUT2D eigenvalue weighted by Gasteiger charge is -2.02. The Morgan fingerprint density at radius 2 is 2.18 bits per heavy atom. The summed E-state index contributed by atoms with van der Waals surface area (Å²) in [6.07, 6.45) is 0.959. The SMILES string of the molecule is CCOc1cccc(CC)n1. The molecule has 0 saturated heterocycles. The molecule has 0 radical (unpaired) electrons. The van der Waals surface area contributed by atoms with E-state index in [1.807, 2.05) is 25.1 Å². The fourth-order valence-electron chi connectivity index (χ4n) is 0.883. The lowest BCUT2D eigenvalue weighted by atomic mass is 10.3. The smallest absolute Gasteiger partial charge is 0.213 e. The van der Waals surface area contributed by atoms with Gasteiger partial charge in [-0.3, -0.25) is 0 Å². The summed E-state index contributed by atoms with van der Waals surface area (Å²) in [7, 11) is 0. The monoisotopic (exact) mass is 151 g/mol. The van der Waals surface area contributed by atoms with E-state index >= 15 is 0 Å². The maximum Gasteiger partial charge on any atom is 0.213 e. The van der Waals surface area contributed by atoms with E-state index in [9.17, 15) is 0 Å². The summed E-state index contributed by atoms with van der Waals surface area (Å²) < 4.78 is 5.24. The summed E-state index contributed by atoms with van der Waals surface area (Å²) in [5, 5.41) is 0. The highest BCUT2D eigenvalue weighted by atomic mass is 16.5. The molecule has 0 atom stereocenters. The van der Waals surface area contributed by atoms with E-state index in [-0.39, 0.29) is 0 Å². The van der Waals surface area contributed by atoms with Crippen LogP contribution in [0.2, 0.25) is 0 Å². The van der Waals surface area contributed by atoms with Crippen molar-refractivity contribution >= 4 is 0 Å². The summed E-state index contributed by atoms with van der Waals surface area (Å²) in [6, 6.07) is 5.85. The fraction of sp³-hybridized carbons (Fsp3) is 0.444. The Morgan fingerprint density at radius 1 is 1.36 bits per heavy atom. The van der Waals surface area contributed by atoms with Gasteiger partial charge < -0.3 is 4.74 Å². The summed E-state index contributed by atoms with van der Waals surface area (Å²) in [4.78, 5) is 4.26. The lowest BCUT2D eigenvalue weighted by molar-refractivity contribution is 0.326. The molecule has 0 spiro atoms. The van der Waals surface area contributed by atoms with Crippen molar-refractivity contribution in [2.24, 2.45) is 0 Å². The minimum atomic E-state index is 0.681. The number of pyridine rings is 1. The minimum absolute atomic E-state index is 0.681. The van der Waals surface area contributed by atoms with Gasteiger partial charge in [0.05, 0.1) is 6.61 Å². The Bertz CT molecular complexity index is 223. The topological polar surface area (TPSA) is 22.1 Å². The first-order chi connectivity index (χ1) is 5.36. The number of ether oxygens (including phenoxy) is 1. The number of nitrogens with zero attached hydrogens (tertiary/aromatic N) is 1. The zero-order valence-electron chi connectivity index (χ0n) is 7.00. The van der Waals surface area contributed by atoms with Gasteiger partial charge in [-0.05, 0) is 19.4 Å². The number of hydrogen-bond acceptors (Lipinski definition) is 2. The normalized spacial score (nSPS) is 9.64. The van der Waals surface area contributed by atoms with Crippen LogP contribution in [0.1, 0.15) is 19.5 Å². The third-order valence-electron chi connectivity index (χ3n) is 1.44. The second kappa shape index (κ2) is 3.96. The van der Waals surface area contributed by atoms with E-state index < -0.39 is 0 Å². The van der Waals surface area contributed by atoms with E-state index in [1.54, 1.807) is 0 Å². The molecule has 11 heavy (non-hydrogen) atoms. The second-order valence-corrected chi connectivity index (χ2v) is 2.25. The van der Waals surface area contributed by atoms with Gasteiger partial charge in [0.1, 0.15) is 0 Å². The van der Waals surface area contributed by atoms with Crippen LogP contribution in [-0.4, -0.2) is 11.6 Å². The van der Waals surface area contributed by atoms with Crippen LogP contribution in [0.25, 0.3) is 0 Å². The van der Waals surface area contributed by atoms with Crippen LogP contribution >= 0.6 is 0 Å². The first-order valence-electron chi connectivity index (χ1n) is 3.95. The third-order valence-corrected chi connectivity index (χ3v) is 1.44. The predicted octanol–water partition coefficient (Wildman–Crippen LogP) is 2.04. The first kappa shape index (κ1) is 8.05. The molecule has 0 amide bonds. The maximum absolute atomic E-state index is 5.24. The number of aryl methyl sites for hydroxylation is 1. The van der Waals surface area contributed by atoms with Gasteiger partial charge >= 0.3 is 0 Å². The van der Waals surface area contributed by atoms with Gasteiger partial charge in [-0.1, -0.05) is 13.0 Å². The fourth-order valence-corrected chi connectivity index (χ4v) is 0.883. The largest absolute Gasteiger partial charge is 0.478 e. The quantitative estimate of drug-likeness (QED) is 0.659. The Morgan fingerprint density at radius 3 is 2.82 bits per heavy atom. The van der Waals surface area contributed by atoms with Crippen molar-refractivity contribution in [3.63, 3.8) is 0 Å². The third kappa shape index (κ3) is 2.22. The van der Waals surface area contributed by atoms with E-state index in [1.165, 1.54) is 0 Å². The van der Waals surface area contributed by atoms with Gasteiger partial charge in [0, 0.05) is 11.8 Å². The molecule has 0 saturated carbocycles. The zero-order chi connectivity index (χ0) is 8.10. The van der Waals surface area contributed by atoms with Gasteiger partial charge in [0.2, 0.25) is 5.88 Å². The average molecular weight is 151 g/mol. The van der Waals surface area contributed by atoms with Gasteiger partial charge in [-0.25, -0.2) is 4.98 Å². The average Bonchev–Trinajstić information content (AvgIpc) is 2.06. The maximum atomic E-state index is 5.24. The van der Waals surface area contributed by atoms with Crippen molar-refractivity contribution in [3.8, 4) is 5.88 Å². The standard InChI is InChI=1S/C9H13NO/c1-3-8-6-5-7-9(10-8)11-4-2/h5-7H,3-4H2,1-2H3. The second-order valence-electron chi connectivity index (χ2n) is 2.25. The molecule has 60 valence electrons. The molecule has 0 aliphatic rings. The van der Waals surface area contributed by atoms with Gasteiger partial charge in [-0.2, -0.15) is 0 Å². The van der Waals surface area contributed by atoms with Crippen LogP contribution in [0.4, 0.5) is 0 Å². The summed E-state index contributed by atoms with van der Waals surface area (Å²) >= 11 is 0. The van der Waals surface area contributed by atoms with Gasteiger partial charge in [-0.15, -0.1) is 0 Å². The van der Waals surface area contributed by atoms with Crippen molar-refractivity contribution < 1.29 is 4.74 Å². The molecule has 1 aromatic rings. The van der Waals surface area contributed by atoms with Crippen LogP contribution in [-0.2, 0) is 6.42 Å². The molecule has 0 aliphatic carbocycles. The molecule has 0 N–H and O–H groups in total. The summed E-state index contributed by atoms with van der Waals surface area (Å²) in [5.41, 5.74) is 1.08. The molecule has 0 aliphatic heterocycles. The lowest BCUT2D eigenvalue weighted by Crippen LogP contribution is -1.95. The molecule has 0 unspecified atom stereocenters. The predicted molar refractivity (Wildman–Crippen MR) is 44.8 cm³/mol. The molecule has 0 fully saturated rings. The summed E-state index contributed by atoms with van der Waals surface area (Å²) in [5.74, 6) is 0.729. The number of rotatable bonds is 3. The van der Waals surface area contributed by atoms with Crippen molar-refractivity contribution in [2.75, 3.05) is 6.61 Å². The zero-order valence-corrected chi connectivity index (χ0v) is 7.00. The van der Waals surface area contributed by atoms with Crippen LogP contribution < -0.4 is 4.74 Å². The van der Waals surface area contributed by atoms with E-state index in [0.29, 0.717) is 6.61 Å². The van der Waals surface area contributed by atoms with E-state index in [2.05, 4.69) is 11.9 Å². The van der Waals surface area contributed by atoms with Crippen LogP contribution in [0, 0.1) is 0 Å². The summed E-state index contributed by atoms with van der Waals surface area (Å²) in [6.45, 7) is 4.72. The van der Waals surface area contributed by atoms with Crippen LogP contribution in [0.5, 0.6) is 5.88 Å². The van der Waals surface area contributed by atoms with Crippen molar-refractivity contribution in [1.82, 2.24) is 4.98 Å². The van der Waals surface area contributed by atoms with E-state index in [0.717, 1.165) is 18.0 Å². The molecular formula is C9H13NO. The molecule has 2 heteroatoms. The molecule has 0 aromatic carbocycles. The highest BCUT2D eigenvalue weighted by Crippen LogP contribution is 2.07. The minimum Gasteiger partial charge on any atom is -0.478 e. The molecule has 1 heterocycles. The van der Waals surface area contributed by atoms with Crippen molar-refractivity contribution in [2.45, 2.75) is 20.3 Å². The number of aromatic nitrogens is 1. The highest BCUT2D eigenvalue weighted by molar-refractivity contribution is 5.15. The Hall–Kier alpha value is -1.05. The van der Waals surface area contributed by atoms with Crippen LogP contribution in [0.15, 0.2) is 18.2 Å². The molecule has 1 rings (SSSR count). The molecule has 1 aromatic heterocycles. The molecule has 0 bridgehead atoms. The molecule has 2 nitrogen and oxygen atoms in total. The van der Waals surface area contributed by atoms with Crippen LogP contribution in [0.3, 0.4) is 0 Å². The Balaban J connectivity index is 2.74. The van der Waals surface area contributed by atoms with E-state index in [4.69, 9.17) is 4.74 Å². The number of hydrogen-bond donors (Lipinski definition) is 0.